The topological polar surface area (TPSA) is 139 Å². The number of piperidine rings is 1. The molecular weight excluding hydrogens is 673 g/mol. The molecule has 1 saturated carbocycles. The van der Waals surface area contributed by atoms with Crippen LogP contribution in [0.15, 0.2) is 54.9 Å². The van der Waals surface area contributed by atoms with Gasteiger partial charge < -0.3 is 15.5 Å². The summed E-state index contributed by atoms with van der Waals surface area (Å²) in [6.45, 7) is 3.30. The minimum absolute atomic E-state index is 0.0451. The molecule has 0 unspecified atom stereocenters. The Morgan fingerprint density at radius 1 is 1.10 bits per heavy atom. The zero-order valence-electron chi connectivity index (χ0n) is 28.5. The van der Waals surface area contributed by atoms with Gasteiger partial charge in [-0.3, -0.25) is 23.9 Å². The largest absolute Gasteiger partial charge is 0.355 e. The Labute approximate surface area is 299 Å². The van der Waals surface area contributed by atoms with E-state index in [2.05, 4.69) is 32.8 Å². The lowest BCUT2D eigenvalue weighted by atomic mass is 9.98. The molecule has 2 aliphatic heterocycles. The number of Topliss-reactive ketones (excluding diaryl/α,β-unsaturated/α-hetero) is 1. The summed E-state index contributed by atoms with van der Waals surface area (Å²) in [6.07, 6.45) is 11.9. The number of ketones is 1. The molecule has 11 nitrogen and oxygen atoms in total. The third-order valence-corrected chi connectivity index (χ3v) is 10.6. The Hall–Kier alpha value is -4.97. The van der Waals surface area contributed by atoms with Gasteiger partial charge in [0.25, 0.3) is 0 Å². The van der Waals surface area contributed by atoms with Crippen molar-refractivity contribution in [2.24, 2.45) is 5.41 Å². The van der Waals surface area contributed by atoms with Gasteiger partial charge in [-0.15, -0.1) is 0 Å². The number of hydrogen-bond donors (Lipinski definition) is 2. The lowest BCUT2D eigenvalue weighted by Gasteiger charge is -2.27. The predicted octanol–water partition coefficient (Wildman–Crippen LogP) is 5.26. The number of amides is 3. The molecule has 4 aromatic rings. The number of carbonyl (C=O) groups is 4. The molecule has 2 aromatic carbocycles. The van der Waals surface area contributed by atoms with Gasteiger partial charge in [0.2, 0.25) is 17.7 Å². The zero-order valence-corrected chi connectivity index (χ0v) is 29.3. The quantitative estimate of drug-likeness (QED) is 0.213. The van der Waals surface area contributed by atoms with Crippen LogP contribution < -0.4 is 10.6 Å². The second-order valence-electron chi connectivity index (χ2n) is 13.8. The maximum Gasteiger partial charge on any atom is 0.245 e. The van der Waals surface area contributed by atoms with E-state index in [0.29, 0.717) is 49.0 Å². The molecule has 0 spiro atoms. The van der Waals surface area contributed by atoms with E-state index in [4.69, 9.17) is 16.7 Å². The highest BCUT2D eigenvalue weighted by molar-refractivity contribution is 6.30. The van der Waals surface area contributed by atoms with E-state index in [1.807, 2.05) is 19.1 Å². The molecular formula is C38H39ClFN7O4. The second-order valence-corrected chi connectivity index (χ2v) is 14.3. The molecule has 4 heterocycles. The summed E-state index contributed by atoms with van der Waals surface area (Å²) < 4.78 is 16.2. The average Bonchev–Trinajstić information content (AvgIpc) is 3.52. The molecule has 264 valence electrons. The van der Waals surface area contributed by atoms with Crippen LogP contribution in [0.4, 0.5) is 4.39 Å². The van der Waals surface area contributed by atoms with Crippen LogP contribution in [0.25, 0.3) is 22.0 Å². The van der Waals surface area contributed by atoms with Crippen molar-refractivity contribution in [2.75, 3.05) is 6.54 Å². The summed E-state index contributed by atoms with van der Waals surface area (Å²) in [4.78, 5) is 64.3. The normalized spacial score (nSPS) is 22.9. The van der Waals surface area contributed by atoms with Crippen LogP contribution in [-0.4, -0.2) is 66.8 Å². The Kier molecular flexibility index (Phi) is 9.45. The number of halogens is 2. The van der Waals surface area contributed by atoms with Crippen LogP contribution in [0.2, 0.25) is 5.02 Å². The van der Waals surface area contributed by atoms with E-state index in [-0.39, 0.29) is 53.0 Å². The Morgan fingerprint density at radius 2 is 1.90 bits per heavy atom. The number of rotatable bonds is 5. The van der Waals surface area contributed by atoms with Crippen molar-refractivity contribution < 1.29 is 23.6 Å². The number of nitrogens with one attached hydrogen (secondary N) is 2. The van der Waals surface area contributed by atoms with E-state index >= 15 is 0 Å². The van der Waals surface area contributed by atoms with Gasteiger partial charge in [-0.1, -0.05) is 35.9 Å². The van der Waals surface area contributed by atoms with E-state index in [0.717, 1.165) is 36.0 Å². The fraction of sp³-hybridized carbons (Fsp3) is 0.395. The fourth-order valence-corrected chi connectivity index (χ4v) is 7.74. The Morgan fingerprint density at radius 3 is 2.69 bits per heavy atom. The summed E-state index contributed by atoms with van der Waals surface area (Å²) in [7, 11) is 0. The van der Waals surface area contributed by atoms with Gasteiger partial charge in [0.05, 0.1) is 10.5 Å². The van der Waals surface area contributed by atoms with Gasteiger partial charge in [0.1, 0.15) is 29.9 Å². The summed E-state index contributed by atoms with van der Waals surface area (Å²) in [6, 6.07) is 7.38. The molecule has 3 amide bonds. The van der Waals surface area contributed by atoms with Gasteiger partial charge in [0, 0.05) is 66.8 Å². The molecule has 13 heteroatoms. The minimum Gasteiger partial charge on any atom is -0.355 e. The maximum absolute atomic E-state index is 14.7. The Balaban J connectivity index is 1.26. The van der Waals surface area contributed by atoms with Crippen LogP contribution in [0.3, 0.4) is 0 Å². The smallest absolute Gasteiger partial charge is 0.245 e. The number of nitrogens with zero attached hydrogens (tertiary/aromatic N) is 5. The number of aromatic nitrogens is 4. The number of aryl methyl sites for hydroxylation is 1. The van der Waals surface area contributed by atoms with Crippen molar-refractivity contribution in [1.29, 1.82) is 0 Å². The Bertz CT molecular complexity index is 2080. The van der Waals surface area contributed by atoms with Gasteiger partial charge in [-0.25, -0.2) is 14.4 Å². The third-order valence-electron chi connectivity index (χ3n) is 10.3. The summed E-state index contributed by atoms with van der Waals surface area (Å²) in [5.74, 6) is -1.03. The summed E-state index contributed by atoms with van der Waals surface area (Å²) in [5, 5.41) is 11.1. The number of hydrogen-bond acceptors (Lipinski definition) is 7. The summed E-state index contributed by atoms with van der Waals surface area (Å²) in [5.41, 5.74) is 3.17. The molecule has 7 rings (SSSR count). The molecule has 2 aromatic heterocycles. The van der Waals surface area contributed by atoms with Crippen molar-refractivity contribution in [3.8, 4) is 11.1 Å². The second kappa shape index (κ2) is 14.0. The number of carbonyl (C=O) groups excluding carboxylic acids is 4. The fourth-order valence-electron chi connectivity index (χ4n) is 7.55. The zero-order chi connectivity index (χ0) is 35.9. The van der Waals surface area contributed by atoms with Gasteiger partial charge >= 0.3 is 0 Å². The summed E-state index contributed by atoms with van der Waals surface area (Å²) >= 11 is 5.96. The monoisotopic (exact) mass is 711 g/mol. The molecule has 3 atom stereocenters. The van der Waals surface area contributed by atoms with Crippen LogP contribution >= 0.6 is 11.6 Å². The minimum atomic E-state index is -0.845. The highest BCUT2D eigenvalue weighted by Gasteiger charge is 2.67. The first-order chi connectivity index (χ1) is 24.5. The van der Waals surface area contributed by atoms with E-state index in [1.54, 1.807) is 34.1 Å². The number of allylic oxidation sites excluding steroid dienone is 2. The van der Waals surface area contributed by atoms with E-state index < -0.39 is 23.2 Å². The lowest BCUT2D eigenvalue weighted by Crippen LogP contribution is -2.48. The first kappa shape index (κ1) is 34.5. The molecule has 2 bridgehead atoms. The molecule has 51 heavy (non-hydrogen) atoms. The highest BCUT2D eigenvalue weighted by atomic mass is 35.5. The highest BCUT2D eigenvalue weighted by Crippen LogP contribution is 2.59. The molecule has 0 radical (unpaired) electrons. The first-order valence-electron chi connectivity index (χ1n) is 17.3. The van der Waals surface area contributed by atoms with Crippen molar-refractivity contribution >= 4 is 46.0 Å². The molecule has 1 saturated heterocycles. The van der Waals surface area contributed by atoms with Gasteiger partial charge in [-0.05, 0) is 74.8 Å². The van der Waals surface area contributed by atoms with Gasteiger partial charge in [0.15, 0.2) is 5.78 Å². The van der Waals surface area contributed by atoms with Crippen LogP contribution in [0, 0.1) is 18.2 Å². The van der Waals surface area contributed by atoms with Crippen LogP contribution in [0.5, 0.6) is 0 Å². The third kappa shape index (κ3) is 6.89. The molecule has 3 aliphatic rings. The van der Waals surface area contributed by atoms with Crippen molar-refractivity contribution in [1.82, 2.24) is 35.3 Å². The van der Waals surface area contributed by atoms with Crippen LogP contribution in [0.1, 0.15) is 72.9 Å². The first-order valence-corrected chi connectivity index (χ1v) is 17.7. The molecule has 1 aliphatic carbocycles. The maximum atomic E-state index is 14.7. The van der Waals surface area contributed by atoms with E-state index in [9.17, 15) is 23.6 Å². The predicted molar refractivity (Wildman–Crippen MR) is 189 cm³/mol. The molecule has 2 N–H and O–H groups in total. The average molecular weight is 712 g/mol. The van der Waals surface area contributed by atoms with Crippen molar-refractivity contribution in [3.05, 3.63) is 88.4 Å². The van der Waals surface area contributed by atoms with Crippen LogP contribution in [-0.2, 0) is 33.9 Å². The van der Waals surface area contributed by atoms with Crippen molar-refractivity contribution in [3.63, 3.8) is 0 Å². The standard InChI is InChI=1S/C38H39ClFN7O4/c1-22(48)35-28-14-26(27-18-41-23(2)42-19-27)13-24-9-6-4-3-5-7-12-32(49)44-21-38-15-30(37(51)43-17-25-10-8-11-29(39)34(25)40)47(31(38)16-38)33(50)20-46(45-35)36(24)28/h4,6,8,10-11,13-14,18-19,30-31H,3,5,7,9,12,15-17,20-21H2,1-2H3,(H,43,51)(H,44,49)/b6-4+/t30-,31+,38-/m0/s1. The number of benzene rings is 2. The van der Waals surface area contributed by atoms with Crippen molar-refractivity contribution in [2.45, 2.75) is 84.0 Å². The molecule has 2 fully saturated rings. The SMILES string of the molecule is CC(=O)c1nn2c3c(cc(-c4cnc(C)nc4)cc13)C/C=C/CCCCC(=O)NC[C@@]13C[C@@H](C(=O)NCc4cccc(Cl)c4F)N(C(=O)C2)[C@@H]1C3. The van der Waals surface area contributed by atoms with Gasteiger partial charge in [-0.2, -0.15) is 5.10 Å². The van der Waals surface area contributed by atoms with E-state index in [1.165, 1.54) is 13.0 Å². The lowest BCUT2D eigenvalue weighted by molar-refractivity contribution is -0.140.